The number of nitrogens with zero attached hydrogens (tertiary/aromatic N) is 5. The summed E-state index contributed by atoms with van der Waals surface area (Å²) >= 11 is 0. The molecule has 1 N–H and O–H groups in total. The summed E-state index contributed by atoms with van der Waals surface area (Å²) in [6.07, 6.45) is 2.28. The maximum absolute atomic E-state index is 13.2. The number of amides is 1. The molecule has 3 heterocycles. The van der Waals surface area contributed by atoms with Crippen molar-refractivity contribution in [3.05, 3.63) is 40.0 Å². The van der Waals surface area contributed by atoms with E-state index in [1.807, 2.05) is 52.5 Å². The standard InChI is InChI=1S/C20H26N6O/c1-10(17-11(2)23-25(5)13(17)4)21-20(27)15-9-16(14-7-8-14)22-19-18(15)12(3)24-26(19)6/h9-10,14H,7-8H2,1-6H3,(H,21,27)/t10-/m0/s1. The Bertz CT molecular complexity index is 1060. The van der Waals surface area contributed by atoms with E-state index in [4.69, 9.17) is 4.98 Å². The van der Waals surface area contributed by atoms with E-state index in [0.29, 0.717) is 11.5 Å². The molecule has 3 aromatic rings. The molecule has 0 aliphatic heterocycles. The van der Waals surface area contributed by atoms with Crippen molar-refractivity contribution in [3.63, 3.8) is 0 Å². The average Bonchev–Trinajstić information content (AvgIpc) is 3.36. The lowest BCUT2D eigenvalue weighted by atomic mass is 10.0. The number of pyridine rings is 1. The van der Waals surface area contributed by atoms with Crippen molar-refractivity contribution >= 4 is 16.9 Å². The summed E-state index contributed by atoms with van der Waals surface area (Å²) in [7, 11) is 3.80. The number of nitrogens with one attached hydrogen (secondary N) is 1. The first kappa shape index (κ1) is 17.7. The van der Waals surface area contributed by atoms with Gasteiger partial charge in [-0.3, -0.25) is 14.2 Å². The molecule has 1 aliphatic rings. The molecule has 1 fully saturated rings. The van der Waals surface area contributed by atoms with Gasteiger partial charge in [0.05, 0.1) is 28.4 Å². The van der Waals surface area contributed by atoms with Gasteiger partial charge in [-0.2, -0.15) is 10.2 Å². The first-order chi connectivity index (χ1) is 12.8. The summed E-state index contributed by atoms with van der Waals surface area (Å²) in [5.74, 6) is 0.381. The summed E-state index contributed by atoms with van der Waals surface area (Å²) in [6.45, 7) is 7.94. The number of carbonyl (C=O) groups is 1. The van der Waals surface area contributed by atoms with E-state index in [-0.39, 0.29) is 11.9 Å². The second kappa shape index (κ2) is 6.18. The van der Waals surface area contributed by atoms with Crippen LogP contribution in [-0.4, -0.2) is 30.5 Å². The summed E-state index contributed by atoms with van der Waals surface area (Å²) in [5, 5.41) is 13.0. The Hall–Kier alpha value is -2.70. The Morgan fingerprint density at radius 2 is 1.81 bits per heavy atom. The predicted octanol–water partition coefficient (Wildman–Crippen LogP) is 3.00. The third-order valence-electron chi connectivity index (χ3n) is 5.57. The summed E-state index contributed by atoms with van der Waals surface area (Å²) < 4.78 is 3.63. The van der Waals surface area contributed by atoms with Crippen LogP contribution in [0.3, 0.4) is 0 Å². The predicted molar refractivity (Wildman–Crippen MR) is 104 cm³/mol. The van der Waals surface area contributed by atoms with Gasteiger partial charge >= 0.3 is 0 Å². The molecule has 1 aliphatic carbocycles. The fraction of sp³-hybridized carbons (Fsp3) is 0.500. The number of rotatable bonds is 4. The maximum Gasteiger partial charge on any atom is 0.252 e. The van der Waals surface area contributed by atoms with Crippen LogP contribution in [0.4, 0.5) is 0 Å². The molecule has 0 bridgehead atoms. The van der Waals surface area contributed by atoms with E-state index in [1.54, 1.807) is 4.68 Å². The lowest BCUT2D eigenvalue weighted by molar-refractivity contribution is 0.0941. The molecule has 0 unspecified atom stereocenters. The molecule has 7 nitrogen and oxygen atoms in total. The zero-order valence-electron chi connectivity index (χ0n) is 16.8. The van der Waals surface area contributed by atoms with Crippen LogP contribution >= 0.6 is 0 Å². The highest BCUT2D eigenvalue weighted by Gasteiger charge is 2.29. The van der Waals surface area contributed by atoms with E-state index < -0.39 is 0 Å². The van der Waals surface area contributed by atoms with E-state index in [2.05, 4.69) is 15.5 Å². The molecule has 1 amide bonds. The number of fused-ring (bicyclic) bond motifs is 1. The van der Waals surface area contributed by atoms with Crippen LogP contribution in [0, 0.1) is 20.8 Å². The van der Waals surface area contributed by atoms with Gasteiger partial charge < -0.3 is 5.32 Å². The average molecular weight is 366 g/mol. The van der Waals surface area contributed by atoms with E-state index >= 15 is 0 Å². The minimum absolute atomic E-state index is 0.0875. The summed E-state index contributed by atoms with van der Waals surface area (Å²) in [5.41, 5.74) is 6.35. The van der Waals surface area contributed by atoms with Gasteiger partial charge in [0, 0.05) is 37.0 Å². The highest BCUT2D eigenvalue weighted by Crippen LogP contribution is 2.40. The van der Waals surface area contributed by atoms with E-state index in [1.165, 1.54) is 0 Å². The zero-order valence-corrected chi connectivity index (χ0v) is 16.8. The molecule has 4 rings (SSSR count). The van der Waals surface area contributed by atoms with Crippen molar-refractivity contribution in [3.8, 4) is 0 Å². The van der Waals surface area contributed by atoms with Gasteiger partial charge in [-0.05, 0) is 46.6 Å². The van der Waals surface area contributed by atoms with Crippen LogP contribution in [-0.2, 0) is 14.1 Å². The van der Waals surface area contributed by atoms with Crippen molar-refractivity contribution in [2.24, 2.45) is 14.1 Å². The number of aryl methyl sites for hydroxylation is 4. The monoisotopic (exact) mass is 366 g/mol. The van der Waals surface area contributed by atoms with Gasteiger partial charge in [0.2, 0.25) is 0 Å². The largest absolute Gasteiger partial charge is 0.345 e. The number of carbonyl (C=O) groups excluding carboxylic acids is 1. The highest BCUT2D eigenvalue weighted by molar-refractivity contribution is 6.06. The minimum Gasteiger partial charge on any atom is -0.345 e. The van der Waals surface area contributed by atoms with Gasteiger partial charge in [-0.15, -0.1) is 0 Å². The molecule has 0 radical (unpaired) electrons. The zero-order chi connectivity index (χ0) is 19.5. The quantitative estimate of drug-likeness (QED) is 0.770. The molecule has 3 aromatic heterocycles. The molecule has 1 saturated carbocycles. The van der Waals surface area contributed by atoms with Gasteiger partial charge in [0.25, 0.3) is 5.91 Å². The Balaban J connectivity index is 1.74. The van der Waals surface area contributed by atoms with Crippen molar-refractivity contribution in [2.45, 2.75) is 52.5 Å². The first-order valence-electron chi connectivity index (χ1n) is 9.43. The SMILES string of the molecule is Cc1nn(C)c(C)c1[C@H](C)NC(=O)c1cc(C2CC2)nc2c1c(C)nn2C. The Morgan fingerprint density at radius 3 is 2.41 bits per heavy atom. The maximum atomic E-state index is 13.2. The fourth-order valence-corrected chi connectivity index (χ4v) is 3.99. The number of hydrogen-bond acceptors (Lipinski definition) is 4. The van der Waals surface area contributed by atoms with Crippen molar-refractivity contribution in [1.29, 1.82) is 0 Å². The van der Waals surface area contributed by atoms with Crippen molar-refractivity contribution < 1.29 is 4.79 Å². The minimum atomic E-state index is -0.129. The van der Waals surface area contributed by atoms with Gasteiger partial charge in [0.15, 0.2) is 5.65 Å². The molecular weight excluding hydrogens is 340 g/mol. The molecular formula is C20H26N6O. The van der Waals surface area contributed by atoms with Crippen LogP contribution < -0.4 is 5.32 Å². The van der Waals surface area contributed by atoms with E-state index in [9.17, 15) is 4.79 Å². The third kappa shape index (κ3) is 2.91. The van der Waals surface area contributed by atoms with E-state index in [0.717, 1.165) is 52.2 Å². The summed E-state index contributed by atoms with van der Waals surface area (Å²) in [4.78, 5) is 18.0. The highest BCUT2D eigenvalue weighted by atomic mass is 16.1. The fourth-order valence-electron chi connectivity index (χ4n) is 3.99. The van der Waals surface area contributed by atoms with Gasteiger partial charge in [0.1, 0.15) is 0 Å². The topological polar surface area (TPSA) is 77.6 Å². The normalized spacial score (nSPS) is 15.3. The van der Waals surface area contributed by atoms with Crippen LogP contribution in [0.2, 0.25) is 0 Å². The lowest BCUT2D eigenvalue weighted by Gasteiger charge is -2.16. The number of hydrogen-bond donors (Lipinski definition) is 1. The third-order valence-corrected chi connectivity index (χ3v) is 5.57. The number of aromatic nitrogens is 5. The molecule has 142 valence electrons. The molecule has 7 heteroatoms. The lowest BCUT2D eigenvalue weighted by Crippen LogP contribution is -2.28. The van der Waals surface area contributed by atoms with Crippen molar-refractivity contribution in [1.82, 2.24) is 29.9 Å². The molecule has 0 saturated heterocycles. The second-order valence-electron chi connectivity index (χ2n) is 7.68. The van der Waals surface area contributed by atoms with Crippen LogP contribution in [0.1, 0.15) is 70.4 Å². The molecule has 1 atom stereocenters. The van der Waals surface area contributed by atoms with Gasteiger partial charge in [-0.25, -0.2) is 4.98 Å². The molecule has 0 spiro atoms. The van der Waals surface area contributed by atoms with Crippen LogP contribution in [0.5, 0.6) is 0 Å². The van der Waals surface area contributed by atoms with Gasteiger partial charge in [-0.1, -0.05) is 0 Å². The Morgan fingerprint density at radius 1 is 1.15 bits per heavy atom. The van der Waals surface area contributed by atoms with Crippen LogP contribution in [0.25, 0.3) is 11.0 Å². The smallest absolute Gasteiger partial charge is 0.252 e. The second-order valence-corrected chi connectivity index (χ2v) is 7.68. The first-order valence-corrected chi connectivity index (χ1v) is 9.43. The van der Waals surface area contributed by atoms with Crippen LogP contribution in [0.15, 0.2) is 6.07 Å². The van der Waals surface area contributed by atoms with Crippen molar-refractivity contribution in [2.75, 3.05) is 0 Å². The Kier molecular flexibility index (Phi) is 4.05. The summed E-state index contributed by atoms with van der Waals surface area (Å²) in [6, 6.07) is 1.83. The molecule has 27 heavy (non-hydrogen) atoms. The Labute approximate surface area is 158 Å². The molecule has 0 aromatic carbocycles.